The van der Waals surface area contributed by atoms with Gasteiger partial charge in [0.05, 0.1) is 0 Å². The molecule has 1 aromatic rings. The highest BCUT2D eigenvalue weighted by Gasteiger charge is 2.17. The molecule has 0 saturated carbocycles. The summed E-state index contributed by atoms with van der Waals surface area (Å²) in [5.74, 6) is 0. The maximum absolute atomic E-state index is 5.78. The van der Waals surface area contributed by atoms with Crippen LogP contribution in [0.15, 0.2) is 30.8 Å². The van der Waals surface area contributed by atoms with E-state index in [2.05, 4.69) is 54.6 Å². The van der Waals surface area contributed by atoms with Crippen molar-refractivity contribution in [2.75, 3.05) is 52.6 Å². The summed E-state index contributed by atoms with van der Waals surface area (Å²) in [4.78, 5) is 5.04. The molecular formula is C19H32N2OSi. The van der Waals surface area contributed by atoms with Crippen LogP contribution < -0.4 is 5.19 Å². The highest BCUT2D eigenvalue weighted by atomic mass is 28.3. The normalized spacial score (nSPS) is 18.0. The lowest BCUT2D eigenvalue weighted by molar-refractivity contribution is 0.154. The number of rotatable bonds is 9. The molecule has 4 heteroatoms. The van der Waals surface area contributed by atoms with E-state index in [4.69, 9.17) is 4.74 Å². The molecule has 1 aliphatic rings. The summed E-state index contributed by atoms with van der Waals surface area (Å²) in [5.41, 5.74) is 1.20. The lowest BCUT2D eigenvalue weighted by atomic mass is 10.2. The molecule has 1 atom stereocenters. The Morgan fingerprint density at radius 3 is 2.48 bits per heavy atom. The van der Waals surface area contributed by atoms with Gasteiger partial charge in [0, 0.05) is 39.0 Å². The van der Waals surface area contributed by atoms with Gasteiger partial charge < -0.3 is 14.5 Å². The van der Waals surface area contributed by atoms with E-state index < -0.39 is 8.80 Å². The van der Waals surface area contributed by atoms with Gasteiger partial charge in [0.2, 0.25) is 0 Å². The zero-order chi connectivity index (χ0) is 16.5. The third-order valence-electron chi connectivity index (χ3n) is 4.79. The van der Waals surface area contributed by atoms with Crippen LogP contribution in [0, 0.1) is 0 Å². The van der Waals surface area contributed by atoms with E-state index in [1.54, 1.807) is 0 Å². The topological polar surface area (TPSA) is 15.7 Å². The fraction of sp³-hybridized carbons (Fsp3) is 0.579. The first kappa shape index (κ1) is 18.4. The minimum atomic E-state index is -1.02. The number of nitrogens with zero attached hydrogens (tertiary/aromatic N) is 2. The second-order valence-electron chi connectivity index (χ2n) is 6.51. The summed E-state index contributed by atoms with van der Waals surface area (Å²) in [6, 6.07) is 10.3. The van der Waals surface area contributed by atoms with E-state index in [1.807, 2.05) is 6.08 Å². The average Bonchev–Trinajstić information content (AvgIpc) is 2.60. The molecule has 0 N–H and O–H groups in total. The molecule has 1 fully saturated rings. The minimum absolute atomic E-state index is 0.826. The van der Waals surface area contributed by atoms with Crippen molar-refractivity contribution < 1.29 is 4.74 Å². The largest absolute Gasteiger partial charge is 0.385 e. The predicted molar refractivity (Wildman–Crippen MR) is 103 cm³/mol. The Morgan fingerprint density at radius 2 is 1.87 bits per heavy atom. The van der Waals surface area contributed by atoms with E-state index >= 15 is 0 Å². The Bertz CT molecular complexity index is 455. The van der Waals surface area contributed by atoms with Crippen molar-refractivity contribution in [1.29, 1.82) is 0 Å². The minimum Gasteiger partial charge on any atom is -0.385 e. The van der Waals surface area contributed by atoms with Crippen molar-refractivity contribution >= 4 is 20.1 Å². The highest BCUT2D eigenvalue weighted by Crippen LogP contribution is 2.07. The molecule has 0 spiro atoms. The van der Waals surface area contributed by atoms with E-state index in [0.717, 1.165) is 12.8 Å². The number of benzene rings is 1. The van der Waals surface area contributed by atoms with Crippen LogP contribution in [0.5, 0.6) is 0 Å². The molecule has 1 aliphatic heterocycles. The average molecular weight is 333 g/mol. The first-order valence-electron chi connectivity index (χ1n) is 8.94. The molecule has 1 aromatic carbocycles. The molecule has 1 unspecified atom stereocenters. The molecule has 0 bridgehead atoms. The Kier molecular flexibility index (Phi) is 8.02. The SMILES string of the molecule is C=Cc1ccc([SiH](CCCN2CCN(C)CC2)COCC)cc1. The number of hydrogen-bond donors (Lipinski definition) is 0. The van der Waals surface area contributed by atoms with Crippen LogP contribution in [0.3, 0.4) is 0 Å². The van der Waals surface area contributed by atoms with Crippen molar-refractivity contribution in [2.45, 2.75) is 19.4 Å². The summed E-state index contributed by atoms with van der Waals surface area (Å²) in [7, 11) is 1.20. The summed E-state index contributed by atoms with van der Waals surface area (Å²) >= 11 is 0. The lowest BCUT2D eigenvalue weighted by Gasteiger charge is -2.32. The first-order chi connectivity index (χ1) is 11.2. The van der Waals surface area contributed by atoms with Crippen molar-refractivity contribution in [3.63, 3.8) is 0 Å². The maximum Gasteiger partial charge on any atom is 0.100 e. The van der Waals surface area contributed by atoms with Gasteiger partial charge in [0.1, 0.15) is 8.80 Å². The molecule has 1 saturated heterocycles. The molecule has 0 aliphatic carbocycles. The standard InChI is InChI=1S/C19H32N2OSi/c1-4-18-7-9-19(10-8-18)23(17-22-5-2)16-6-11-21-14-12-20(3)13-15-21/h4,7-10,23H,1,5-6,11-17H2,2-3H3. The Balaban J connectivity index is 1.83. The number of ether oxygens (including phenoxy) is 1. The molecule has 1 heterocycles. The van der Waals surface area contributed by atoms with Gasteiger partial charge in [-0.15, -0.1) is 0 Å². The third-order valence-corrected chi connectivity index (χ3v) is 7.86. The monoisotopic (exact) mass is 332 g/mol. The van der Waals surface area contributed by atoms with Crippen molar-refractivity contribution in [2.24, 2.45) is 0 Å². The third kappa shape index (κ3) is 6.22. The Morgan fingerprint density at radius 1 is 1.17 bits per heavy atom. The summed E-state index contributed by atoms with van der Waals surface area (Å²) < 4.78 is 5.78. The van der Waals surface area contributed by atoms with Gasteiger partial charge in [-0.1, -0.05) is 48.2 Å². The Hall–Kier alpha value is -0.943. The van der Waals surface area contributed by atoms with Gasteiger partial charge >= 0.3 is 0 Å². The molecule has 23 heavy (non-hydrogen) atoms. The van der Waals surface area contributed by atoms with Gasteiger partial charge in [-0.2, -0.15) is 0 Å². The van der Waals surface area contributed by atoms with Crippen LogP contribution in [0.1, 0.15) is 18.9 Å². The second-order valence-corrected chi connectivity index (χ2v) is 9.49. The van der Waals surface area contributed by atoms with Crippen LogP contribution in [0.25, 0.3) is 6.08 Å². The molecule has 2 rings (SSSR count). The lowest BCUT2D eigenvalue weighted by Crippen LogP contribution is -2.45. The van der Waals surface area contributed by atoms with Gasteiger partial charge in [-0.05, 0) is 32.5 Å². The second kappa shape index (κ2) is 10.0. The summed E-state index contributed by atoms with van der Waals surface area (Å²) in [6.45, 7) is 12.9. The van der Waals surface area contributed by atoms with E-state index in [0.29, 0.717) is 0 Å². The number of piperazine rings is 1. The van der Waals surface area contributed by atoms with E-state index in [-0.39, 0.29) is 0 Å². The van der Waals surface area contributed by atoms with E-state index in [1.165, 1.54) is 55.9 Å². The molecule has 0 radical (unpaired) electrons. The fourth-order valence-electron chi connectivity index (χ4n) is 3.14. The van der Waals surface area contributed by atoms with Crippen LogP contribution in [-0.2, 0) is 4.74 Å². The number of hydrogen-bond acceptors (Lipinski definition) is 3. The van der Waals surface area contributed by atoms with Gasteiger partial charge in [0.25, 0.3) is 0 Å². The highest BCUT2D eigenvalue weighted by molar-refractivity contribution is 6.73. The van der Waals surface area contributed by atoms with Crippen molar-refractivity contribution in [3.05, 3.63) is 36.4 Å². The summed E-state index contributed by atoms with van der Waals surface area (Å²) in [5, 5.41) is 1.53. The smallest absolute Gasteiger partial charge is 0.100 e. The zero-order valence-corrected chi connectivity index (χ0v) is 16.0. The van der Waals surface area contributed by atoms with Crippen LogP contribution >= 0.6 is 0 Å². The van der Waals surface area contributed by atoms with Crippen molar-refractivity contribution in [3.8, 4) is 0 Å². The molecule has 0 aromatic heterocycles. The molecule has 3 nitrogen and oxygen atoms in total. The maximum atomic E-state index is 5.78. The van der Waals surface area contributed by atoms with Gasteiger partial charge in [-0.3, -0.25) is 0 Å². The Labute approximate surface area is 143 Å². The predicted octanol–water partition coefficient (Wildman–Crippen LogP) is 1.98. The van der Waals surface area contributed by atoms with Crippen LogP contribution in [-0.4, -0.2) is 71.2 Å². The first-order valence-corrected chi connectivity index (χ1v) is 11.1. The molecular weight excluding hydrogens is 300 g/mol. The van der Waals surface area contributed by atoms with E-state index in [9.17, 15) is 0 Å². The van der Waals surface area contributed by atoms with Crippen LogP contribution in [0.4, 0.5) is 0 Å². The number of likely N-dealkylation sites (N-methyl/N-ethyl adjacent to an activating group) is 1. The molecule has 0 amide bonds. The zero-order valence-electron chi connectivity index (χ0n) is 14.8. The summed E-state index contributed by atoms with van der Waals surface area (Å²) in [6.07, 6.45) is 4.18. The van der Waals surface area contributed by atoms with Crippen molar-refractivity contribution in [1.82, 2.24) is 9.80 Å². The van der Waals surface area contributed by atoms with Gasteiger partial charge in [0.15, 0.2) is 0 Å². The fourth-order valence-corrected chi connectivity index (χ4v) is 5.77. The quantitative estimate of drug-likeness (QED) is 0.643. The van der Waals surface area contributed by atoms with Crippen LogP contribution in [0.2, 0.25) is 6.04 Å². The molecule has 128 valence electrons. The van der Waals surface area contributed by atoms with Gasteiger partial charge in [-0.25, -0.2) is 0 Å².